The van der Waals surface area contributed by atoms with Gasteiger partial charge in [-0.05, 0) is 41.4 Å². The van der Waals surface area contributed by atoms with Gasteiger partial charge in [-0.3, -0.25) is 19.5 Å². The second-order valence-electron chi connectivity index (χ2n) is 7.70. The average Bonchev–Trinajstić information content (AvgIpc) is 3.53. The van der Waals surface area contributed by atoms with Gasteiger partial charge in [0.25, 0.3) is 5.56 Å². The number of thioether (sulfide) groups is 1. The molecule has 7 nitrogen and oxygen atoms in total. The molecule has 186 valence electrons. The fourth-order valence-electron chi connectivity index (χ4n) is 3.52. The molecule has 0 spiro atoms. The molecule has 0 unspecified atom stereocenters. The third kappa shape index (κ3) is 5.63. The van der Waals surface area contributed by atoms with Crippen molar-refractivity contribution in [1.82, 2.24) is 18.9 Å². The summed E-state index contributed by atoms with van der Waals surface area (Å²) in [4.78, 5) is 35.8. The quantitative estimate of drug-likeness (QED) is 0.121. The highest BCUT2D eigenvalue weighted by Gasteiger charge is 2.18. The molecule has 0 aliphatic carbocycles. The first kappa shape index (κ1) is 25.6. The van der Waals surface area contributed by atoms with Gasteiger partial charge >= 0.3 is 0 Å². The van der Waals surface area contributed by atoms with Crippen molar-refractivity contribution in [3.8, 4) is 21.7 Å². The molecular formula is C25H17Cl2N5O2S3. The highest BCUT2D eigenvalue weighted by molar-refractivity contribution is 7.99. The number of carbonyl (C=O) groups is 1. The van der Waals surface area contributed by atoms with E-state index in [1.807, 2.05) is 29.6 Å². The van der Waals surface area contributed by atoms with Crippen LogP contribution in [0.15, 0.2) is 76.5 Å². The Morgan fingerprint density at radius 2 is 1.73 bits per heavy atom. The fraction of sp³-hybridized carbons (Fsp3) is 0.0800. The SMILES string of the molecule is C=CCn1c(SCC(=O)Nc2nsc(-c3ccc(Cl)cc3)n2)nc2scc(-c3ccc(Cl)cc3)c2c1=O. The van der Waals surface area contributed by atoms with E-state index in [4.69, 9.17) is 28.2 Å². The van der Waals surface area contributed by atoms with Crippen molar-refractivity contribution in [2.45, 2.75) is 11.7 Å². The molecule has 0 saturated heterocycles. The second-order valence-corrected chi connectivity index (χ2v) is 11.1. The topological polar surface area (TPSA) is 89.8 Å². The highest BCUT2D eigenvalue weighted by Crippen LogP contribution is 2.33. The smallest absolute Gasteiger partial charge is 0.263 e. The number of fused-ring (bicyclic) bond motifs is 1. The summed E-state index contributed by atoms with van der Waals surface area (Å²) in [6, 6.07) is 14.5. The van der Waals surface area contributed by atoms with E-state index in [0.717, 1.165) is 16.7 Å². The number of hydrogen-bond acceptors (Lipinski definition) is 8. The molecule has 0 radical (unpaired) electrons. The van der Waals surface area contributed by atoms with E-state index in [9.17, 15) is 9.59 Å². The van der Waals surface area contributed by atoms with Gasteiger partial charge in [0, 0.05) is 33.1 Å². The number of anilines is 1. The Kier molecular flexibility index (Phi) is 7.73. The van der Waals surface area contributed by atoms with Gasteiger partial charge in [-0.1, -0.05) is 65.3 Å². The normalized spacial score (nSPS) is 11.1. The molecule has 37 heavy (non-hydrogen) atoms. The zero-order valence-corrected chi connectivity index (χ0v) is 22.9. The Bertz CT molecular complexity index is 1660. The van der Waals surface area contributed by atoms with Gasteiger partial charge in [0.15, 0.2) is 5.16 Å². The molecular weight excluding hydrogens is 569 g/mol. The summed E-state index contributed by atoms with van der Waals surface area (Å²) >= 11 is 15.7. The minimum atomic E-state index is -0.307. The fourth-order valence-corrected chi connectivity index (χ4v) is 6.20. The lowest BCUT2D eigenvalue weighted by molar-refractivity contribution is -0.113. The monoisotopic (exact) mass is 585 g/mol. The van der Waals surface area contributed by atoms with Crippen molar-refractivity contribution in [3.05, 3.63) is 87.0 Å². The summed E-state index contributed by atoms with van der Waals surface area (Å²) in [5.41, 5.74) is 2.35. The van der Waals surface area contributed by atoms with Crippen LogP contribution < -0.4 is 10.9 Å². The largest absolute Gasteiger partial charge is 0.293 e. The summed E-state index contributed by atoms with van der Waals surface area (Å²) in [6.45, 7) is 4.03. The van der Waals surface area contributed by atoms with E-state index in [-0.39, 0.29) is 29.7 Å². The molecule has 3 aromatic heterocycles. The van der Waals surface area contributed by atoms with Gasteiger partial charge in [0.05, 0.1) is 11.1 Å². The molecule has 0 aliphatic heterocycles. The van der Waals surface area contributed by atoms with Crippen LogP contribution in [0, 0.1) is 0 Å². The Morgan fingerprint density at radius 3 is 2.41 bits per heavy atom. The van der Waals surface area contributed by atoms with Gasteiger partial charge in [-0.25, -0.2) is 4.98 Å². The number of rotatable bonds is 8. The maximum absolute atomic E-state index is 13.5. The van der Waals surface area contributed by atoms with Gasteiger partial charge in [-0.15, -0.1) is 17.9 Å². The van der Waals surface area contributed by atoms with Crippen LogP contribution in [0.4, 0.5) is 5.95 Å². The maximum atomic E-state index is 13.5. The standard InChI is InChI=1S/C25H17Cl2N5O2S3/c1-2-11-32-23(34)20-18(14-3-7-16(26)8-4-14)12-35-22(20)30-25(32)36-13-19(33)28-24-29-21(37-31-24)15-5-9-17(27)10-6-15/h2-10,12H,1,11,13H2,(H,28,31,33). The van der Waals surface area contributed by atoms with E-state index in [1.54, 1.807) is 30.3 Å². The Labute approximate surface area is 234 Å². The number of thiophene rings is 1. The Hall–Kier alpha value is -3.02. The number of aromatic nitrogens is 4. The third-order valence-electron chi connectivity index (χ3n) is 5.23. The molecule has 5 rings (SSSR count). The van der Waals surface area contributed by atoms with Gasteiger partial charge in [0.1, 0.15) is 9.84 Å². The molecule has 0 atom stereocenters. The van der Waals surface area contributed by atoms with Gasteiger partial charge in [-0.2, -0.15) is 9.36 Å². The van der Waals surface area contributed by atoms with E-state index in [2.05, 4.69) is 21.3 Å². The van der Waals surface area contributed by atoms with Crippen molar-refractivity contribution in [2.75, 3.05) is 11.1 Å². The number of benzene rings is 2. The lowest BCUT2D eigenvalue weighted by atomic mass is 10.1. The summed E-state index contributed by atoms with van der Waals surface area (Å²) in [6.07, 6.45) is 1.63. The molecule has 0 fully saturated rings. The molecule has 0 saturated carbocycles. The molecule has 0 aliphatic rings. The number of amides is 1. The first-order valence-corrected chi connectivity index (χ1v) is 14.2. The number of nitrogens with zero attached hydrogens (tertiary/aromatic N) is 4. The van der Waals surface area contributed by atoms with Crippen molar-refractivity contribution < 1.29 is 4.79 Å². The van der Waals surface area contributed by atoms with Crippen molar-refractivity contribution in [3.63, 3.8) is 0 Å². The van der Waals surface area contributed by atoms with Crippen LogP contribution in [0.25, 0.3) is 31.9 Å². The summed E-state index contributed by atoms with van der Waals surface area (Å²) in [5.74, 6) is -0.0590. The Balaban J connectivity index is 1.35. The first-order valence-electron chi connectivity index (χ1n) is 10.8. The summed E-state index contributed by atoms with van der Waals surface area (Å²) in [7, 11) is 0. The van der Waals surface area contributed by atoms with Gasteiger partial charge < -0.3 is 0 Å². The van der Waals surface area contributed by atoms with Crippen LogP contribution in [0.2, 0.25) is 10.0 Å². The number of halogens is 2. The molecule has 3 heterocycles. The Morgan fingerprint density at radius 1 is 1.05 bits per heavy atom. The highest BCUT2D eigenvalue weighted by atomic mass is 35.5. The molecule has 1 N–H and O–H groups in total. The number of hydrogen-bond donors (Lipinski definition) is 1. The number of allylic oxidation sites excluding steroid dienone is 1. The predicted molar refractivity (Wildman–Crippen MR) is 154 cm³/mol. The zero-order chi connectivity index (χ0) is 25.9. The van der Waals surface area contributed by atoms with E-state index in [0.29, 0.717) is 30.4 Å². The first-order chi connectivity index (χ1) is 17.9. The molecule has 12 heteroatoms. The minimum absolute atomic E-state index is 0.0278. The van der Waals surface area contributed by atoms with E-state index < -0.39 is 0 Å². The van der Waals surface area contributed by atoms with Gasteiger partial charge in [0.2, 0.25) is 11.9 Å². The van der Waals surface area contributed by atoms with Crippen LogP contribution in [-0.4, -0.2) is 30.6 Å². The minimum Gasteiger partial charge on any atom is -0.293 e. The van der Waals surface area contributed by atoms with Crippen molar-refractivity contribution in [1.29, 1.82) is 0 Å². The van der Waals surface area contributed by atoms with Crippen LogP contribution in [0.3, 0.4) is 0 Å². The summed E-state index contributed by atoms with van der Waals surface area (Å²) in [5, 5.41) is 7.50. The average molecular weight is 587 g/mol. The third-order valence-corrected chi connectivity index (χ3v) is 8.34. The van der Waals surface area contributed by atoms with Crippen molar-refractivity contribution >= 4 is 79.9 Å². The zero-order valence-electron chi connectivity index (χ0n) is 19.0. The van der Waals surface area contributed by atoms with Crippen LogP contribution in [-0.2, 0) is 11.3 Å². The lowest BCUT2D eigenvalue weighted by Crippen LogP contribution is -2.23. The number of nitrogens with one attached hydrogen (secondary N) is 1. The van der Waals surface area contributed by atoms with Crippen LogP contribution in [0.5, 0.6) is 0 Å². The van der Waals surface area contributed by atoms with Crippen molar-refractivity contribution in [2.24, 2.45) is 0 Å². The lowest BCUT2D eigenvalue weighted by Gasteiger charge is -2.10. The van der Waals surface area contributed by atoms with Crippen LogP contribution >= 0.6 is 57.8 Å². The summed E-state index contributed by atoms with van der Waals surface area (Å²) < 4.78 is 5.74. The molecule has 2 aromatic carbocycles. The molecule has 1 amide bonds. The molecule has 5 aromatic rings. The predicted octanol–water partition coefficient (Wildman–Crippen LogP) is 6.87. The second kappa shape index (κ2) is 11.2. The van der Waals surface area contributed by atoms with Crippen LogP contribution in [0.1, 0.15) is 0 Å². The van der Waals surface area contributed by atoms with E-state index in [1.165, 1.54) is 39.2 Å². The molecule has 0 bridgehead atoms. The van der Waals surface area contributed by atoms with E-state index >= 15 is 0 Å². The maximum Gasteiger partial charge on any atom is 0.263 e. The number of carbonyl (C=O) groups excluding carboxylic acids is 1.